The number of hydrogen-bond acceptors (Lipinski definition) is 6. The number of imide groups is 1. The van der Waals surface area contributed by atoms with Gasteiger partial charge in [-0.3, -0.25) is 10.1 Å². The highest BCUT2D eigenvalue weighted by Gasteiger charge is 2.34. The van der Waals surface area contributed by atoms with Crippen LogP contribution in [0.25, 0.3) is 0 Å². The first-order valence-electron chi connectivity index (χ1n) is 8.81. The second kappa shape index (κ2) is 8.90. The normalized spacial score (nSPS) is 15.8. The van der Waals surface area contributed by atoms with E-state index in [0.29, 0.717) is 23.6 Å². The summed E-state index contributed by atoms with van der Waals surface area (Å²) in [5.41, 5.74) is 0.426. The van der Waals surface area contributed by atoms with Gasteiger partial charge in [-0.15, -0.1) is 0 Å². The lowest BCUT2D eigenvalue weighted by Gasteiger charge is -2.26. The zero-order chi connectivity index (χ0) is 19.9. The average Bonchev–Trinajstić information content (AvgIpc) is 2.72. The minimum absolute atomic E-state index is 0.0463. The summed E-state index contributed by atoms with van der Waals surface area (Å²) in [5.74, 6) is -0.587. The van der Waals surface area contributed by atoms with Crippen LogP contribution in [-0.2, 0) is 14.3 Å². The molecule has 3 rings (SSSR count). The molecule has 0 aromatic heterocycles. The number of carbonyl (C=O) groups is 3. The van der Waals surface area contributed by atoms with Gasteiger partial charge in [0.1, 0.15) is 6.61 Å². The summed E-state index contributed by atoms with van der Waals surface area (Å²) in [5, 5.41) is 4.62. The fourth-order valence-corrected chi connectivity index (χ4v) is 2.61. The zero-order valence-electron chi connectivity index (χ0n) is 15.2. The Kier molecular flexibility index (Phi) is 6.11. The molecule has 8 heteroatoms. The van der Waals surface area contributed by atoms with E-state index in [1.54, 1.807) is 61.5 Å². The Labute approximate surface area is 161 Å². The van der Waals surface area contributed by atoms with Crippen molar-refractivity contribution in [3.63, 3.8) is 0 Å². The highest BCUT2D eigenvalue weighted by molar-refractivity contribution is 5.98. The van der Waals surface area contributed by atoms with E-state index < -0.39 is 30.1 Å². The van der Waals surface area contributed by atoms with E-state index in [0.717, 1.165) is 0 Å². The molecule has 146 valence electrons. The molecule has 2 aromatic carbocycles. The van der Waals surface area contributed by atoms with Gasteiger partial charge in [-0.1, -0.05) is 42.5 Å². The molecule has 2 aromatic rings. The van der Waals surface area contributed by atoms with Crippen LogP contribution in [0, 0.1) is 0 Å². The van der Waals surface area contributed by atoms with Crippen molar-refractivity contribution >= 4 is 17.9 Å². The average molecular weight is 384 g/mol. The molecule has 0 aliphatic carbocycles. The fraction of sp³-hybridized carbons (Fsp3) is 0.250. The van der Waals surface area contributed by atoms with Crippen molar-refractivity contribution in [2.75, 3.05) is 13.2 Å². The first-order valence-corrected chi connectivity index (χ1v) is 8.81. The Bertz CT molecular complexity index is 855. The molecular weight excluding hydrogens is 364 g/mol. The summed E-state index contributed by atoms with van der Waals surface area (Å²) < 4.78 is 16.5. The van der Waals surface area contributed by atoms with Gasteiger partial charge in [0, 0.05) is 12.1 Å². The highest BCUT2D eigenvalue weighted by atomic mass is 16.6. The number of benzene rings is 2. The molecule has 1 heterocycles. The molecule has 2 atom stereocenters. The van der Waals surface area contributed by atoms with Crippen molar-refractivity contribution in [3.8, 4) is 11.5 Å². The minimum atomic E-state index is -1.31. The number of rotatable bonds is 5. The van der Waals surface area contributed by atoms with E-state index in [4.69, 9.17) is 14.2 Å². The quantitative estimate of drug-likeness (QED) is 0.764. The summed E-state index contributed by atoms with van der Waals surface area (Å²) >= 11 is 0. The lowest BCUT2D eigenvalue weighted by molar-refractivity contribution is -0.165. The van der Waals surface area contributed by atoms with Crippen molar-refractivity contribution in [2.24, 2.45) is 0 Å². The van der Waals surface area contributed by atoms with Gasteiger partial charge in [0.15, 0.2) is 11.5 Å². The number of hydrogen-bond donors (Lipinski definition) is 2. The molecule has 1 aliphatic rings. The number of ether oxygens (including phenoxy) is 3. The van der Waals surface area contributed by atoms with E-state index in [9.17, 15) is 14.4 Å². The van der Waals surface area contributed by atoms with Gasteiger partial charge in [0.05, 0.1) is 0 Å². The number of fused-ring (bicyclic) bond motifs is 1. The van der Waals surface area contributed by atoms with Gasteiger partial charge in [0.25, 0.3) is 5.91 Å². The van der Waals surface area contributed by atoms with Crippen molar-refractivity contribution < 1.29 is 28.6 Å². The van der Waals surface area contributed by atoms with E-state index in [-0.39, 0.29) is 6.61 Å². The van der Waals surface area contributed by atoms with Crippen LogP contribution < -0.4 is 20.1 Å². The van der Waals surface area contributed by atoms with Crippen LogP contribution in [0.15, 0.2) is 54.6 Å². The number of esters is 1. The molecule has 8 nitrogen and oxygen atoms in total. The van der Waals surface area contributed by atoms with Crippen LogP contribution in [-0.4, -0.2) is 37.2 Å². The van der Waals surface area contributed by atoms with E-state index in [1.807, 2.05) is 0 Å². The maximum Gasteiger partial charge on any atom is 0.352 e. The first-order chi connectivity index (χ1) is 13.6. The van der Waals surface area contributed by atoms with Gasteiger partial charge in [-0.2, -0.15) is 0 Å². The predicted octanol–water partition coefficient (Wildman–Crippen LogP) is 1.96. The number of carbonyl (C=O) groups excluding carboxylic acids is 3. The predicted molar refractivity (Wildman–Crippen MR) is 98.8 cm³/mol. The van der Waals surface area contributed by atoms with E-state index >= 15 is 0 Å². The van der Waals surface area contributed by atoms with Crippen LogP contribution in [0.1, 0.15) is 18.6 Å². The molecule has 0 saturated heterocycles. The van der Waals surface area contributed by atoms with Gasteiger partial charge >= 0.3 is 12.0 Å². The Morgan fingerprint density at radius 2 is 1.75 bits per heavy atom. The summed E-state index contributed by atoms with van der Waals surface area (Å²) in [4.78, 5) is 36.8. The lowest BCUT2D eigenvalue weighted by Crippen LogP contribution is -2.44. The second-order valence-corrected chi connectivity index (χ2v) is 5.94. The Morgan fingerprint density at radius 3 is 2.46 bits per heavy atom. The van der Waals surface area contributed by atoms with Crippen LogP contribution in [0.4, 0.5) is 4.79 Å². The fourth-order valence-electron chi connectivity index (χ4n) is 2.61. The van der Waals surface area contributed by atoms with E-state index in [1.165, 1.54) is 0 Å². The van der Waals surface area contributed by atoms with Crippen molar-refractivity contribution in [1.82, 2.24) is 10.6 Å². The van der Waals surface area contributed by atoms with Gasteiger partial charge in [-0.05, 0) is 19.1 Å². The molecule has 0 fully saturated rings. The summed E-state index contributed by atoms with van der Waals surface area (Å²) in [6, 6.07) is 14.7. The minimum Gasteiger partial charge on any atom is -0.485 e. The molecule has 0 radical (unpaired) electrons. The second-order valence-electron chi connectivity index (χ2n) is 5.94. The molecule has 0 saturated carbocycles. The standard InChI is InChI=1S/C20H20N2O6/c1-2-21-20(25)22-18(23)17(13-8-4-3-5-9-13)28-19(24)16-12-26-14-10-6-7-11-15(14)27-16/h3-11,16-17H,2,12H2,1H3,(H2,21,22,23,25)/t16-,17+/m0/s1. The van der Waals surface area contributed by atoms with Crippen LogP contribution in [0.5, 0.6) is 11.5 Å². The van der Waals surface area contributed by atoms with Crippen LogP contribution in [0.2, 0.25) is 0 Å². The maximum absolute atomic E-state index is 12.6. The topological polar surface area (TPSA) is 103 Å². The molecule has 2 N–H and O–H groups in total. The van der Waals surface area contributed by atoms with Gasteiger partial charge in [0.2, 0.25) is 12.2 Å². The largest absolute Gasteiger partial charge is 0.485 e. The summed E-state index contributed by atoms with van der Waals surface area (Å²) in [6.07, 6.45) is -2.34. The smallest absolute Gasteiger partial charge is 0.352 e. The Balaban J connectivity index is 1.73. The molecule has 1 aliphatic heterocycles. The van der Waals surface area contributed by atoms with Crippen molar-refractivity contribution in [2.45, 2.75) is 19.1 Å². The zero-order valence-corrected chi connectivity index (χ0v) is 15.2. The van der Waals surface area contributed by atoms with Crippen LogP contribution >= 0.6 is 0 Å². The summed E-state index contributed by atoms with van der Waals surface area (Å²) in [7, 11) is 0. The molecule has 0 unspecified atom stereocenters. The Hall–Kier alpha value is -3.55. The summed E-state index contributed by atoms with van der Waals surface area (Å²) in [6.45, 7) is 2.02. The van der Waals surface area contributed by atoms with Crippen molar-refractivity contribution in [3.05, 3.63) is 60.2 Å². The molecular formula is C20H20N2O6. The SMILES string of the molecule is CCNC(=O)NC(=O)[C@H](OC(=O)[C@@H]1COc2ccccc2O1)c1ccccc1. The number of amides is 3. The first kappa shape index (κ1) is 19.2. The monoisotopic (exact) mass is 384 g/mol. The van der Waals surface area contributed by atoms with Gasteiger partial charge in [-0.25, -0.2) is 9.59 Å². The Morgan fingerprint density at radius 1 is 1.07 bits per heavy atom. The maximum atomic E-state index is 12.6. The highest BCUT2D eigenvalue weighted by Crippen LogP contribution is 2.31. The number of nitrogens with one attached hydrogen (secondary N) is 2. The van der Waals surface area contributed by atoms with E-state index in [2.05, 4.69) is 10.6 Å². The number of para-hydroxylation sites is 2. The molecule has 3 amide bonds. The third-order valence-corrected chi connectivity index (χ3v) is 3.92. The van der Waals surface area contributed by atoms with Gasteiger partial charge < -0.3 is 19.5 Å². The van der Waals surface area contributed by atoms with Crippen LogP contribution in [0.3, 0.4) is 0 Å². The van der Waals surface area contributed by atoms with Crippen molar-refractivity contribution in [1.29, 1.82) is 0 Å². The molecule has 0 bridgehead atoms. The number of urea groups is 1. The third-order valence-electron chi connectivity index (χ3n) is 3.92. The third kappa shape index (κ3) is 4.59. The molecule has 0 spiro atoms. The molecule has 28 heavy (non-hydrogen) atoms. The lowest BCUT2D eigenvalue weighted by atomic mass is 10.1.